The maximum Gasteiger partial charge on any atom is 0.159 e. The molecule has 0 aliphatic heterocycles. The summed E-state index contributed by atoms with van der Waals surface area (Å²) in [6, 6.07) is 5.73. The number of rotatable bonds is 2. The zero-order valence-electron chi connectivity index (χ0n) is 9.23. The molecule has 0 unspecified atom stereocenters. The largest absolute Gasteiger partial charge is 0.257 e. The number of aromatic nitrogens is 1. The van der Waals surface area contributed by atoms with Crippen molar-refractivity contribution in [2.45, 2.75) is 13.8 Å². The second kappa shape index (κ2) is 5.48. The molecular weight excluding hydrogens is 198 g/mol. The van der Waals surface area contributed by atoms with Gasteiger partial charge in [-0.1, -0.05) is 6.07 Å². The zero-order valence-corrected chi connectivity index (χ0v) is 9.23. The highest BCUT2D eigenvalue weighted by Crippen LogP contribution is 2.16. The Balaban J connectivity index is 3.02. The molecule has 0 atom stereocenters. The molecule has 0 bridgehead atoms. The Kier molecular flexibility index (Phi) is 4.00. The van der Waals surface area contributed by atoms with Crippen LogP contribution in [0, 0.1) is 17.9 Å². The zero-order chi connectivity index (χ0) is 12.0. The van der Waals surface area contributed by atoms with E-state index in [2.05, 4.69) is 9.83 Å². The van der Waals surface area contributed by atoms with E-state index in [0.29, 0.717) is 0 Å². The maximum atomic E-state index is 8.52. The van der Waals surface area contributed by atoms with Crippen LogP contribution in [0.1, 0.15) is 25.1 Å². The summed E-state index contributed by atoms with van der Waals surface area (Å²) in [5, 5.41) is 8.52. The second-order valence-electron chi connectivity index (χ2n) is 3.33. The highest BCUT2D eigenvalue weighted by molar-refractivity contribution is 5.67. The lowest BCUT2D eigenvalue weighted by Gasteiger charge is -2.02. The van der Waals surface area contributed by atoms with Gasteiger partial charge in [-0.15, -0.1) is 0 Å². The molecule has 0 saturated carbocycles. The Bertz CT molecular complexity index is 459. The van der Waals surface area contributed by atoms with Crippen molar-refractivity contribution in [3.8, 4) is 6.07 Å². The molecule has 0 aliphatic carbocycles. The molecule has 0 fully saturated rings. The summed E-state index contributed by atoms with van der Waals surface area (Å²) in [6.45, 7) is 10.4. The first-order valence-corrected chi connectivity index (χ1v) is 4.75. The first kappa shape index (κ1) is 11.7. The number of pyridine rings is 1. The molecule has 3 nitrogen and oxygen atoms in total. The molecule has 78 valence electrons. The molecule has 0 saturated heterocycles. The third kappa shape index (κ3) is 2.80. The van der Waals surface area contributed by atoms with E-state index in [9.17, 15) is 0 Å². The molecular formula is C13H11N3. The van der Waals surface area contributed by atoms with Gasteiger partial charge in [-0.2, -0.15) is 5.26 Å². The Labute approximate surface area is 95.2 Å². The van der Waals surface area contributed by atoms with Crippen LogP contribution in [0.2, 0.25) is 0 Å². The van der Waals surface area contributed by atoms with E-state index in [1.165, 1.54) is 12.3 Å². The van der Waals surface area contributed by atoms with Gasteiger partial charge in [0.1, 0.15) is 0 Å². The van der Waals surface area contributed by atoms with Crippen molar-refractivity contribution in [1.29, 1.82) is 5.26 Å². The molecule has 0 amide bonds. The van der Waals surface area contributed by atoms with Gasteiger partial charge < -0.3 is 0 Å². The maximum absolute atomic E-state index is 8.52. The number of nitriles is 1. The summed E-state index contributed by atoms with van der Waals surface area (Å²) in [5.41, 5.74) is 3.42. The van der Waals surface area contributed by atoms with E-state index in [4.69, 9.17) is 11.8 Å². The highest BCUT2D eigenvalue weighted by Gasteiger charge is 1.99. The molecule has 1 rings (SSSR count). The lowest BCUT2D eigenvalue weighted by Crippen LogP contribution is -1.88. The van der Waals surface area contributed by atoms with Crippen molar-refractivity contribution < 1.29 is 0 Å². The van der Waals surface area contributed by atoms with Gasteiger partial charge >= 0.3 is 0 Å². The number of allylic oxidation sites excluding steroid dienone is 3. The van der Waals surface area contributed by atoms with E-state index in [1.807, 2.05) is 32.0 Å². The molecule has 0 spiro atoms. The van der Waals surface area contributed by atoms with Crippen LogP contribution in [-0.2, 0) is 0 Å². The van der Waals surface area contributed by atoms with E-state index in [1.54, 1.807) is 6.20 Å². The predicted molar refractivity (Wildman–Crippen MR) is 63.8 cm³/mol. The van der Waals surface area contributed by atoms with Crippen molar-refractivity contribution >= 4 is 11.1 Å². The van der Waals surface area contributed by atoms with Crippen molar-refractivity contribution in [1.82, 2.24) is 4.98 Å². The van der Waals surface area contributed by atoms with Crippen LogP contribution in [0.5, 0.6) is 0 Å². The van der Waals surface area contributed by atoms with Gasteiger partial charge in [-0.25, -0.2) is 4.85 Å². The van der Waals surface area contributed by atoms with Gasteiger partial charge in [0.15, 0.2) is 6.20 Å². The minimum Gasteiger partial charge on any atom is -0.257 e. The van der Waals surface area contributed by atoms with E-state index in [-0.39, 0.29) is 0 Å². The van der Waals surface area contributed by atoms with E-state index in [0.717, 1.165) is 22.4 Å². The minimum absolute atomic E-state index is 0.782. The average molecular weight is 209 g/mol. The van der Waals surface area contributed by atoms with Gasteiger partial charge in [0, 0.05) is 12.3 Å². The van der Waals surface area contributed by atoms with Crippen molar-refractivity contribution in [2.24, 2.45) is 0 Å². The van der Waals surface area contributed by atoms with Crippen molar-refractivity contribution in [3.05, 3.63) is 53.3 Å². The SMILES string of the molecule is [C-]#[N+]/C=C(\C)c1ccc(/C(C)=C\C#N)cn1. The summed E-state index contributed by atoms with van der Waals surface area (Å²) in [7, 11) is 0. The molecule has 0 N–H and O–H groups in total. The van der Waals surface area contributed by atoms with Crippen LogP contribution in [0.25, 0.3) is 16.0 Å². The summed E-state index contributed by atoms with van der Waals surface area (Å²) in [6.07, 6.45) is 4.64. The lowest BCUT2D eigenvalue weighted by atomic mass is 10.1. The fraction of sp³-hybridized carbons (Fsp3) is 0.154. The molecule has 1 aromatic heterocycles. The summed E-state index contributed by atoms with van der Waals surface area (Å²) in [5.74, 6) is 0. The summed E-state index contributed by atoms with van der Waals surface area (Å²) < 4.78 is 0. The fourth-order valence-corrected chi connectivity index (χ4v) is 1.20. The second-order valence-corrected chi connectivity index (χ2v) is 3.33. The Morgan fingerprint density at radius 3 is 2.69 bits per heavy atom. The predicted octanol–water partition coefficient (Wildman–Crippen LogP) is 3.29. The minimum atomic E-state index is 0.782. The third-order valence-electron chi connectivity index (χ3n) is 2.16. The average Bonchev–Trinajstić information content (AvgIpc) is 2.30. The van der Waals surface area contributed by atoms with E-state index >= 15 is 0 Å². The van der Waals surface area contributed by atoms with Crippen LogP contribution in [-0.4, -0.2) is 4.98 Å². The molecule has 0 aromatic carbocycles. The molecule has 16 heavy (non-hydrogen) atoms. The number of hydrogen-bond donors (Lipinski definition) is 0. The molecule has 0 aliphatic rings. The van der Waals surface area contributed by atoms with E-state index < -0.39 is 0 Å². The highest BCUT2D eigenvalue weighted by atomic mass is 14.7. The van der Waals surface area contributed by atoms with Crippen LogP contribution < -0.4 is 0 Å². The Morgan fingerprint density at radius 1 is 1.44 bits per heavy atom. The first-order valence-electron chi connectivity index (χ1n) is 4.75. The molecule has 0 radical (unpaired) electrons. The third-order valence-corrected chi connectivity index (χ3v) is 2.16. The van der Waals surface area contributed by atoms with Crippen LogP contribution in [0.4, 0.5) is 0 Å². The van der Waals surface area contributed by atoms with Crippen molar-refractivity contribution in [2.75, 3.05) is 0 Å². The lowest BCUT2D eigenvalue weighted by molar-refractivity contribution is 1.25. The first-order chi connectivity index (χ1) is 7.69. The monoisotopic (exact) mass is 209 g/mol. The normalized spacial score (nSPS) is 11.8. The van der Waals surface area contributed by atoms with Crippen LogP contribution >= 0.6 is 0 Å². The van der Waals surface area contributed by atoms with Crippen LogP contribution in [0.3, 0.4) is 0 Å². The molecule has 3 heteroatoms. The smallest absolute Gasteiger partial charge is 0.159 e. The topological polar surface area (TPSA) is 41.0 Å². The van der Waals surface area contributed by atoms with Gasteiger partial charge in [-0.05, 0) is 36.6 Å². The Morgan fingerprint density at radius 2 is 2.19 bits per heavy atom. The van der Waals surface area contributed by atoms with Gasteiger partial charge in [0.2, 0.25) is 0 Å². The molecule has 1 heterocycles. The molecule has 1 aromatic rings. The number of nitrogens with zero attached hydrogens (tertiary/aromatic N) is 3. The van der Waals surface area contributed by atoms with Gasteiger partial charge in [0.05, 0.1) is 18.3 Å². The van der Waals surface area contributed by atoms with Crippen LogP contribution in [0.15, 0.2) is 30.6 Å². The summed E-state index contributed by atoms with van der Waals surface area (Å²) >= 11 is 0. The fourth-order valence-electron chi connectivity index (χ4n) is 1.20. The van der Waals surface area contributed by atoms with Gasteiger partial charge in [0.25, 0.3) is 0 Å². The standard InChI is InChI=1S/C13H11N3/c1-10(6-7-14)12-4-5-13(16-9-12)11(2)8-15-3/h4-6,8-9H,1-2H3/b10-6-,11-8+. The Hall–Kier alpha value is -2.39. The summed E-state index contributed by atoms with van der Waals surface area (Å²) in [4.78, 5) is 7.43. The quantitative estimate of drug-likeness (QED) is 0.554. The van der Waals surface area contributed by atoms with Crippen molar-refractivity contribution in [3.63, 3.8) is 0 Å². The number of hydrogen-bond acceptors (Lipinski definition) is 2. The van der Waals surface area contributed by atoms with Gasteiger partial charge in [-0.3, -0.25) is 4.98 Å².